The molecule has 2 aromatic carbocycles. The third-order valence-electron chi connectivity index (χ3n) is 3.49. The van der Waals surface area contributed by atoms with Crippen LogP contribution in [0.2, 0.25) is 5.02 Å². The van der Waals surface area contributed by atoms with Crippen LogP contribution >= 0.6 is 27.5 Å². The largest absolute Gasteiger partial charge is 0.493 e. The number of rotatable bonds is 2. The molecule has 6 heteroatoms. The van der Waals surface area contributed by atoms with E-state index in [2.05, 4.69) is 15.9 Å². The first-order valence-electron chi connectivity index (χ1n) is 6.32. The van der Waals surface area contributed by atoms with Gasteiger partial charge in [0.1, 0.15) is 17.4 Å². The Bertz CT molecular complexity index is 723. The van der Waals surface area contributed by atoms with Gasteiger partial charge >= 0.3 is 0 Å². The first-order valence-corrected chi connectivity index (χ1v) is 7.49. The monoisotopic (exact) mass is 373 g/mol. The lowest BCUT2D eigenvalue weighted by Gasteiger charge is -2.17. The quantitative estimate of drug-likeness (QED) is 0.793. The molecule has 0 saturated heterocycles. The van der Waals surface area contributed by atoms with E-state index in [0.717, 1.165) is 28.6 Å². The smallest absolute Gasteiger partial charge is 0.142 e. The molecule has 0 amide bonds. The molecule has 2 aromatic rings. The van der Waals surface area contributed by atoms with Crippen LogP contribution in [0.25, 0.3) is 0 Å². The Morgan fingerprint density at radius 1 is 1.14 bits per heavy atom. The van der Waals surface area contributed by atoms with Crippen molar-refractivity contribution in [2.75, 3.05) is 6.61 Å². The fourth-order valence-electron chi connectivity index (χ4n) is 2.47. The minimum absolute atomic E-state index is 0.0488. The van der Waals surface area contributed by atoms with Gasteiger partial charge in [0.05, 0.1) is 17.7 Å². The minimum atomic E-state index is -0.832. The summed E-state index contributed by atoms with van der Waals surface area (Å²) in [5.41, 5.74) is 7.80. The third-order valence-corrected chi connectivity index (χ3v) is 4.23. The minimum Gasteiger partial charge on any atom is -0.493 e. The highest BCUT2D eigenvalue weighted by atomic mass is 79.9. The predicted octanol–water partition coefficient (Wildman–Crippen LogP) is 4.36. The van der Waals surface area contributed by atoms with Gasteiger partial charge in [-0.15, -0.1) is 0 Å². The Hall–Kier alpha value is -1.17. The lowest BCUT2D eigenvalue weighted by atomic mass is 9.96. The summed E-state index contributed by atoms with van der Waals surface area (Å²) in [4.78, 5) is 0. The van der Waals surface area contributed by atoms with E-state index in [1.54, 1.807) is 6.07 Å². The van der Waals surface area contributed by atoms with Crippen LogP contribution in [-0.4, -0.2) is 6.61 Å². The number of ether oxygens (including phenoxy) is 1. The van der Waals surface area contributed by atoms with Gasteiger partial charge in [-0.05, 0) is 29.8 Å². The fourth-order valence-corrected chi connectivity index (χ4v) is 3.15. The van der Waals surface area contributed by atoms with Crippen LogP contribution in [0.15, 0.2) is 28.7 Å². The molecule has 0 fully saturated rings. The van der Waals surface area contributed by atoms with Gasteiger partial charge in [-0.25, -0.2) is 8.78 Å². The lowest BCUT2D eigenvalue weighted by Crippen LogP contribution is -2.15. The Morgan fingerprint density at radius 2 is 1.90 bits per heavy atom. The van der Waals surface area contributed by atoms with Crippen molar-refractivity contribution >= 4 is 27.5 Å². The van der Waals surface area contributed by atoms with Gasteiger partial charge in [-0.2, -0.15) is 0 Å². The van der Waals surface area contributed by atoms with Crippen molar-refractivity contribution < 1.29 is 13.5 Å². The number of fused-ring (bicyclic) bond motifs is 1. The third kappa shape index (κ3) is 2.65. The van der Waals surface area contributed by atoms with Crippen LogP contribution in [0.5, 0.6) is 5.75 Å². The highest BCUT2D eigenvalue weighted by Gasteiger charge is 2.24. The summed E-state index contributed by atoms with van der Waals surface area (Å²) >= 11 is 8.97. The molecule has 1 aliphatic rings. The van der Waals surface area contributed by atoms with Crippen molar-refractivity contribution in [3.05, 3.63) is 62.1 Å². The first kappa shape index (κ1) is 14.8. The van der Waals surface area contributed by atoms with Gasteiger partial charge in [0.2, 0.25) is 0 Å². The van der Waals surface area contributed by atoms with Crippen LogP contribution in [0.1, 0.15) is 22.7 Å². The fraction of sp³-hybridized carbons (Fsp3) is 0.200. The molecule has 1 unspecified atom stereocenters. The summed E-state index contributed by atoms with van der Waals surface area (Å²) < 4.78 is 34.0. The van der Waals surface area contributed by atoms with Crippen LogP contribution in [-0.2, 0) is 6.42 Å². The molecule has 0 saturated carbocycles. The predicted molar refractivity (Wildman–Crippen MR) is 80.7 cm³/mol. The molecule has 0 bridgehead atoms. The van der Waals surface area contributed by atoms with E-state index in [1.807, 2.05) is 6.07 Å². The summed E-state index contributed by atoms with van der Waals surface area (Å²) in [6.07, 6.45) is 0.770. The van der Waals surface area contributed by atoms with Gasteiger partial charge in [-0.3, -0.25) is 0 Å². The highest BCUT2D eigenvalue weighted by Crippen LogP contribution is 2.38. The van der Waals surface area contributed by atoms with Crippen molar-refractivity contribution in [1.29, 1.82) is 0 Å². The first-order chi connectivity index (χ1) is 9.97. The normalized spacial score (nSPS) is 14.7. The maximum atomic E-state index is 14.0. The molecule has 2 N–H and O–H groups in total. The number of benzene rings is 2. The van der Waals surface area contributed by atoms with E-state index in [9.17, 15) is 8.78 Å². The zero-order valence-corrected chi connectivity index (χ0v) is 13.1. The highest BCUT2D eigenvalue weighted by molar-refractivity contribution is 9.10. The van der Waals surface area contributed by atoms with E-state index in [1.165, 1.54) is 0 Å². The molecule has 0 radical (unpaired) electrons. The zero-order chi connectivity index (χ0) is 15.1. The number of halogens is 4. The molecule has 0 aliphatic carbocycles. The van der Waals surface area contributed by atoms with Crippen molar-refractivity contribution in [2.24, 2.45) is 5.73 Å². The molecular formula is C15H11BrClF2NO. The second kappa shape index (κ2) is 5.55. The molecule has 21 heavy (non-hydrogen) atoms. The molecule has 0 spiro atoms. The summed E-state index contributed by atoms with van der Waals surface area (Å²) in [6.45, 7) is 0.558. The van der Waals surface area contributed by atoms with Crippen LogP contribution in [0.3, 0.4) is 0 Å². The van der Waals surface area contributed by atoms with Crippen LogP contribution < -0.4 is 10.5 Å². The molecule has 1 heterocycles. The summed E-state index contributed by atoms with van der Waals surface area (Å²) in [5, 5.41) is -0.265. The molecule has 2 nitrogen and oxygen atoms in total. The average molecular weight is 375 g/mol. The van der Waals surface area contributed by atoms with E-state index in [0.29, 0.717) is 17.9 Å². The van der Waals surface area contributed by atoms with Gasteiger partial charge in [0.25, 0.3) is 0 Å². The van der Waals surface area contributed by atoms with E-state index in [4.69, 9.17) is 22.1 Å². The van der Waals surface area contributed by atoms with Gasteiger partial charge in [0.15, 0.2) is 0 Å². The van der Waals surface area contributed by atoms with Crippen molar-refractivity contribution in [1.82, 2.24) is 0 Å². The zero-order valence-electron chi connectivity index (χ0n) is 10.8. The molecule has 0 aromatic heterocycles. The van der Waals surface area contributed by atoms with Crippen molar-refractivity contribution in [3.63, 3.8) is 0 Å². The summed E-state index contributed by atoms with van der Waals surface area (Å²) in [5.74, 6) is -0.683. The Labute approximate surface area is 134 Å². The standard InChI is InChI=1S/C15H11BrClF2NO/c16-8-3-7-1-2-21-15(7)10(4-8)14(20)9-5-13(19)11(17)6-12(9)18/h3-6,14H,1-2,20H2. The maximum absolute atomic E-state index is 14.0. The van der Waals surface area contributed by atoms with Crippen molar-refractivity contribution in [2.45, 2.75) is 12.5 Å². The van der Waals surface area contributed by atoms with Crippen LogP contribution in [0, 0.1) is 11.6 Å². The number of hydrogen-bond acceptors (Lipinski definition) is 2. The van der Waals surface area contributed by atoms with E-state index < -0.39 is 17.7 Å². The van der Waals surface area contributed by atoms with Crippen LogP contribution in [0.4, 0.5) is 8.78 Å². The molecular weight excluding hydrogens is 364 g/mol. The van der Waals surface area contributed by atoms with Gasteiger partial charge in [0, 0.05) is 22.0 Å². The number of nitrogens with two attached hydrogens (primary N) is 1. The van der Waals surface area contributed by atoms with Gasteiger partial charge < -0.3 is 10.5 Å². The molecule has 1 atom stereocenters. The molecule has 1 aliphatic heterocycles. The average Bonchev–Trinajstić information content (AvgIpc) is 2.89. The molecule has 110 valence electrons. The number of hydrogen-bond donors (Lipinski definition) is 1. The lowest BCUT2D eigenvalue weighted by molar-refractivity contribution is 0.352. The van der Waals surface area contributed by atoms with Crippen molar-refractivity contribution in [3.8, 4) is 5.75 Å². The van der Waals surface area contributed by atoms with Gasteiger partial charge in [-0.1, -0.05) is 27.5 Å². The maximum Gasteiger partial charge on any atom is 0.142 e. The topological polar surface area (TPSA) is 35.2 Å². The summed E-state index contributed by atoms with van der Waals surface area (Å²) in [7, 11) is 0. The van der Waals surface area contributed by atoms with E-state index >= 15 is 0 Å². The molecule has 3 rings (SSSR count). The Kier molecular flexibility index (Phi) is 3.90. The SMILES string of the molecule is NC(c1cc(F)c(Cl)cc1F)c1cc(Br)cc2c1OCC2. The second-order valence-corrected chi connectivity index (χ2v) is 6.17. The second-order valence-electron chi connectivity index (χ2n) is 4.85. The van der Waals surface area contributed by atoms with E-state index in [-0.39, 0.29) is 10.6 Å². The summed E-state index contributed by atoms with van der Waals surface area (Å²) in [6, 6.07) is 4.84. The Morgan fingerprint density at radius 3 is 2.67 bits per heavy atom. The Balaban J connectivity index is 2.11.